The number of hydrogen-bond acceptors (Lipinski definition) is 2. The summed E-state index contributed by atoms with van der Waals surface area (Å²) in [6.45, 7) is 6.06. The normalized spacial score (nSPS) is 10.3. The molecule has 2 heteroatoms. The lowest BCUT2D eigenvalue weighted by molar-refractivity contribution is 0.101. The Morgan fingerprint density at radius 2 is 1.79 bits per heavy atom. The smallest absolute Gasteiger partial charge is 0.163 e. The zero-order valence-electron chi connectivity index (χ0n) is 11.6. The van der Waals surface area contributed by atoms with E-state index in [0.717, 1.165) is 11.1 Å². The highest BCUT2D eigenvalue weighted by Crippen LogP contribution is 2.22. The minimum Gasteiger partial charge on any atom is -0.488 e. The summed E-state index contributed by atoms with van der Waals surface area (Å²) in [5.41, 5.74) is 4.02. The van der Waals surface area contributed by atoms with Crippen molar-refractivity contribution in [1.82, 2.24) is 0 Å². The van der Waals surface area contributed by atoms with Crippen molar-refractivity contribution in [3.63, 3.8) is 0 Å². The van der Waals surface area contributed by atoms with Crippen LogP contribution in [0.15, 0.2) is 42.5 Å². The van der Waals surface area contributed by atoms with Crippen LogP contribution in [-0.4, -0.2) is 5.78 Å². The number of aryl methyl sites for hydroxylation is 2. The van der Waals surface area contributed by atoms with E-state index in [9.17, 15) is 4.79 Å². The Hall–Kier alpha value is -2.09. The summed E-state index contributed by atoms with van der Waals surface area (Å²) in [6, 6.07) is 13.9. The number of benzene rings is 2. The molecule has 2 rings (SSSR count). The molecule has 2 aromatic carbocycles. The fraction of sp³-hybridized carbons (Fsp3) is 0.235. The number of Topliss-reactive ketones (excluding diaryl/α,β-unsaturated/α-hetero) is 1. The van der Waals surface area contributed by atoms with Crippen LogP contribution in [0.2, 0.25) is 0 Å². The number of ether oxygens (including phenoxy) is 1. The molecule has 0 aliphatic carbocycles. The molecule has 0 amide bonds. The Morgan fingerprint density at radius 1 is 1.05 bits per heavy atom. The molecular weight excluding hydrogens is 236 g/mol. The van der Waals surface area contributed by atoms with Gasteiger partial charge in [0.15, 0.2) is 5.78 Å². The molecule has 0 N–H and O–H groups in total. The third-order valence-electron chi connectivity index (χ3n) is 2.99. The molecule has 98 valence electrons. The number of rotatable bonds is 4. The molecule has 0 unspecified atom stereocenters. The fourth-order valence-corrected chi connectivity index (χ4v) is 2.01. The molecule has 0 saturated carbocycles. The molecule has 0 fully saturated rings. The summed E-state index contributed by atoms with van der Waals surface area (Å²) < 4.78 is 5.77. The second kappa shape index (κ2) is 5.70. The zero-order chi connectivity index (χ0) is 13.8. The Kier molecular flexibility index (Phi) is 4.00. The largest absolute Gasteiger partial charge is 0.488 e. The van der Waals surface area contributed by atoms with Gasteiger partial charge in [-0.25, -0.2) is 0 Å². The Labute approximate surface area is 114 Å². The topological polar surface area (TPSA) is 26.3 Å². The van der Waals surface area contributed by atoms with Crippen LogP contribution in [0.5, 0.6) is 5.75 Å². The van der Waals surface area contributed by atoms with Crippen molar-refractivity contribution in [3.05, 3.63) is 64.7 Å². The van der Waals surface area contributed by atoms with Crippen molar-refractivity contribution >= 4 is 5.78 Å². The van der Waals surface area contributed by atoms with Crippen LogP contribution in [-0.2, 0) is 6.61 Å². The maximum atomic E-state index is 11.6. The lowest BCUT2D eigenvalue weighted by atomic mass is 10.1. The maximum absolute atomic E-state index is 11.6. The predicted octanol–water partition coefficient (Wildman–Crippen LogP) is 4.09. The van der Waals surface area contributed by atoms with E-state index >= 15 is 0 Å². The Bertz CT molecular complexity index is 600. The van der Waals surface area contributed by atoms with Gasteiger partial charge in [0.2, 0.25) is 0 Å². The van der Waals surface area contributed by atoms with Crippen LogP contribution in [0.3, 0.4) is 0 Å². The molecule has 2 aromatic rings. The summed E-state index contributed by atoms with van der Waals surface area (Å²) in [5.74, 6) is 0.683. The molecule has 0 aromatic heterocycles. The number of ketones is 1. The molecular formula is C17H18O2. The van der Waals surface area contributed by atoms with Crippen LogP contribution in [0.1, 0.15) is 34.0 Å². The van der Waals surface area contributed by atoms with E-state index in [1.807, 2.05) is 37.3 Å². The van der Waals surface area contributed by atoms with Gasteiger partial charge >= 0.3 is 0 Å². The SMILES string of the molecule is CC(=O)c1cc(C)ccc1OCc1cccc(C)c1. The van der Waals surface area contributed by atoms with E-state index < -0.39 is 0 Å². The van der Waals surface area contributed by atoms with Gasteiger partial charge in [-0.1, -0.05) is 41.5 Å². The third-order valence-corrected chi connectivity index (χ3v) is 2.99. The van der Waals surface area contributed by atoms with Crippen molar-refractivity contribution in [2.75, 3.05) is 0 Å². The average Bonchev–Trinajstić information content (AvgIpc) is 2.37. The molecule has 0 spiro atoms. The number of carbonyl (C=O) groups excluding carboxylic acids is 1. The van der Waals surface area contributed by atoms with Gasteiger partial charge in [0.1, 0.15) is 12.4 Å². The zero-order valence-corrected chi connectivity index (χ0v) is 11.6. The molecule has 0 atom stereocenters. The second-order valence-corrected chi connectivity index (χ2v) is 4.83. The van der Waals surface area contributed by atoms with Crippen molar-refractivity contribution in [3.8, 4) is 5.75 Å². The van der Waals surface area contributed by atoms with Crippen LogP contribution >= 0.6 is 0 Å². The van der Waals surface area contributed by atoms with Gasteiger partial charge in [-0.15, -0.1) is 0 Å². The van der Waals surface area contributed by atoms with Crippen molar-refractivity contribution < 1.29 is 9.53 Å². The van der Waals surface area contributed by atoms with E-state index in [4.69, 9.17) is 4.74 Å². The first-order valence-corrected chi connectivity index (χ1v) is 6.36. The highest BCUT2D eigenvalue weighted by atomic mass is 16.5. The monoisotopic (exact) mass is 254 g/mol. The van der Waals surface area contributed by atoms with Crippen LogP contribution < -0.4 is 4.74 Å². The molecule has 0 aliphatic rings. The van der Waals surface area contributed by atoms with E-state index in [0.29, 0.717) is 17.9 Å². The van der Waals surface area contributed by atoms with E-state index in [-0.39, 0.29) is 5.78 Å². The van der Waals surface area contributed by atoms with Crippen LogP contribution in [0, 0.1) is 13.8 Å². The minimum absolute atomic E-state index is 0.0305. The predicted molar refractivity (Wildman–Crippen MR) is 76.7 cm³/mol. The molecule has 0 bridgehead atoms. The van der Waals surface area contributed by atoms with Gasteiger partial charge in [0.25, 0.3) is 0 Å². The summed E-state index contributed by atoms with van der Waals surface area (Å²) in [6.07, 6.45) is 0. The number of hydrogen-bond donors (Lipinski definition) is 0. The Morgan fingerprint density at radius 3 is 2.47 bits per heavy atom. The van der Waals surface area contributed by atoms with Gasteiger partial charge in [-0.2, -0.15) is 0 Å². The second-order valence-electron chi connectivity index (χ2n) is 4.83. The van der Waals surface area contributed by atoms with Crippen molar-refractivity contribution in [2.45, 2.75) is 27.4 Å². The number of carbonyl (C=O) groups is 1. The van der Waals surface area contributed by atoms with E-state index in [1.165, 1.54) is 5.56 Å². The average molecular weight is 254 g/mol. The molecule has 0 heterocycles. The quantitative estimate of drug-likeness (QED) is 0.768. The van der Waals surface area contributed by atoms with Gasteiger partial charge in [-0.05, 0) is 38.5 Å². The first kappa shape index (κ1) is 13.3. The molecule has 0 aliphatic heterocycles. The van der Waals surface area contributed by atoms with Crippen molar-refractivity contribution in [2.24, 2.45) is 0 Å². The van der Waals surface area contributed by atoms with Crippen LogP contribution in [0.4, 0.5) is 0 Å². The van der Waals surface area contributed by atoms with Crippen LogP contribution in [0.25, 0.3) is 0 Å². The highest BCUT2D eigenvalue weighted by Gasteiger charge is 2.08. The van der Waals surface area contributed by atoms with Gasteiger partial charge in [0.05, 0.1) is 5.56 Å². The molecule has 19 heavy (non-hydrogen) atoms. The van der Waals surface area contributed by atoms with E-state index in [1.54, 1.807) is 6.92 Å². The third kappa shape index (κ3) is 3.44. The lowest BCUT2D eigenvalue weighted by Gasteiger charge is -2.11. The summed E-state index contributed by atoms with van der Waals surface area (Å²) in [7, 11) is 0. The summed E-state index contributed by atoms with van der Waals surface area (Å²) >= 11 is 0. The molecule has 0 radical (unpaired) electrons. The van der Waals surface area contributed by atoms with Gasteiger partial charge in [0, 0.05) is 0 Å². The summed E-state index contributed by atoms with van der Waals surface area (Å²) in [4.78, 5) is 11.6. The summed E-state index contributed by atoms with van der Waals surface area (Å²) in [5, 5.41) is 0. The Balaban J connectivity index is 2.17. The van der Waals surface area contributed by atoms with Crippen molar-refractivity contribution in [1.29, 1.82) is 0 Å². The molecule has 0 saturated heterocycles. The fourth-order valence-electron chi connectivity index (χ4n) is 2.01. The first-order chi connectivity index (χ1) is 9.06. The van der Waals surface area contributed by atoms with Gasteiger partial charge in [-0.3, -0.25) is 4.79 Å². The first-order valence-electron chi connectivity index (χ1n) is 6.36. The highest BCUT2D eigenvalue weighted by molar-refractivity contribution is 5.97. The molecule has 2 nitrogen and oxygen atoms in total. The van der Waals surface area contributed by atoms with E-state index in [2.05, 4.69) is 19.1 Å². The minimum atomic E-state index is 0.0305. The standard InChI is InChI=1S/C17H18O2/c1-12-5-4-6-15(9-12)11-19-17-8-7-13(2)10-16(17)14(3)18/h4-10H,11H2,1-3H3. The maximum Gasteiger partial charge on any atom is 0.163 e. The lowest BCUT2D eigenvalue weighted by Crippen LogP contribution is -2.02. The van der Waals surface area contributed by atoms with Gasteiger partial charge < -0.3 is 4.74 Å².